The summed E-state index contributed by atoms with van der Waals surface area (Å²) in [5.41, 5.74) is 1.42. The number of carbonyl (C=O) groups excluding carboxylic acids is 2. The maximum Gasteiger partial charge on any atom is 0.336 e. The van der Waals surface area contributed by atoms with Crippen molar-refractivity contribution in [3.05, 3.63) is 89.0 Å². The maximum absolute atomic E-state index is 11.0. The van der Waals surface area contributed by atoms with Crippen molar-refractivity contribution in [3.8, 4) is 0 Å². The van der Waals surface area contributed by atoms with Gasteiger partial charge >= 0.3 is 5.63 Å². The summed E-state index contributed by atoms with van der Waals surface area (Å²) < 4.78 is 4.91. The molecule has 8 nitrogen and oxygen atoms in total. The van der Waals surface area contributed by atoms with Crippen molar-refractivity contribution in [3.63, 3.8) is 0 Å². The first kappa shape index (κ1) is 17.7. The molecular weight excluding hydrogens is 348 g/mol. The predicted molar refractivity (Wildman–Crippen MR) is 98.3 cm³/mol. The molecule has 0 unspecified atom stereocenters. The average Bonchev–Trinajstić information content (AvgIpc) is 3.36. The largest absolute Gasteiger partial charge is 0.423 e. The molecule has 0 atom stereocenters. The molecule has 2 aromatic carbocycles. The summed E-state index contributed by atoms with van der Waals surface area (Å²) in [4.78, 5) is 32.5. The molecule has 2 aromatic heterocycles. The lowest BCUT2D eigenvalue weighted by Crippen LogP contribution is -2.12. The van der Waals surface area contributed by atoms with E-state index in [2.05, 4.69) is 20.7 Å². The van der Waals surface area contributed by atoms with Gasteiger partial charge in [-0.05, 0) is 24.3 Å². The van der Waals surface area contributed by atoms with Gasteiger partial charge in [-0.3, -0.25) is 9.59 Å². The molecule has 0 bridgehead atoms. The number of amides is 1. The van der Waals surface area contributed by atoms with Gasteiger partial charge in [0.25, 0.3) is 11.7 Å². The van der Waals surface area contributed by atoms with Crippen molar-refractivity contribution >= 4 is 28.3 Å². The fourth-order valence-corrected chi connectivity index (χ4v) is 2.27. The van der Waals surface area contributed by atoms with E-state index >= 15 is 0 Å². The van der Waals surface area contributed by atoms with Gasteiger partial charge in [-0.15, -0.1) is 0 Å². The van der Waals surface area contributed by atoms with E-state index in [-0.39, 0.29) is 5.63 Å². The molecule has 1 amide bonds. The Balaban J connectivity index is 0.000000125. The van der Waals surface area contributed by atoms with Crippen molar-refractivity contribution in [2.45, 2.75) is 0 Å². The fourth-order valence-electron chi connectivity index (χ4n) is 2.27. The highest BCUT2D eigenvalue weighted by atomic mass is 16.4. The normalized spacial score (nSPS) is 11.6. The number of para-hydroxylation sites is 2. The number of anilines is 1. The van der Waals surface area contributed by atoms with Gasteiger partial charge in [-0.25, -0.2) is 4.79 Å². The van der Waals surface area contributed by atoms with Crippen LogP contribution >= 0.6 is 0 Å². The smallest absolute Gasteiger partial charge is 0.336 e. The number of aromatic nitrogens is 3. The van der Waals surface area contributed by atoms with Gasteiger partial charge in [0.1, 0.15) is 5.58 Å². The molecule has 4 aromatic rings. The number of fused-ring (bicyclic) bond motifs is 2. The van der Waals surface area contributed by atoms with Crippen LogP contribution in [0.5, 0.6) is 0 Å². The Morgan fingerprint density at radius 1 is 0.778 bits per heavy atom. The lowest BCUT2D eigenvalue weighted by molar-refractivity contribution is -0.112. The number of carbonyl (C=O) groups is 2. The van der Waals surface area contributed by atoms with Gasteiger partial charge in [0, 0.05) is 11.5 Å². The second-order valence-corrected chi connectivity index (χ2v) is 5.28. The average molecular weight is 362 g/mol. The van der Waals surface area contributed by atoms with Crippen molar-refractivity contribution in [1.82, 2.24) is 15.4 Å². The lowest BCUT2D eigenvalue weighted by Gasteiger charge is -1.91. The predicted octanol–water partition coefficient (Wildman–Crippen LogP) is 2.42. The highest BCUT2D eigenvalue weighted by Gasteiger charge is 2.26. The summed E-state index contributed by atoms with van der Waals surface area (Å²) in [6.45, 7) is 0. The third-order valence-electron chi connectivity index (χ3n) is 3.49. The van der Waals surface area contributed by atoms with E-state index in [0.717, 1.165) is 5.39 Å². The zero-order valence-electron chi connectivity index (χ0n) is 14.0. The van der Waals surface area contributed by atoms with E-state index in [0.29, 0.717) is 16.8 Å². The first-order valence-electron chi connectivity index (χ1n) is 7.88. The number of aromatic amines is 1. The number of H-pyrrole nitrogens is 1. The first-order valence-corrected chi connectivity index (χ1v) is 7.88. The molecule has 0 radical (unpaired) electrons. The number of nitrogens with zero attached hydrogens (tertiary/aromatic N) is 2. The molecule has 2 N–H and O–H groups in total. The van der Waals surface area contributed by atoms with Gasteiger partial charge < -0.3 is 9.73 Å². The second-order valence-electron chi connectivity index (χ2n) is 5.28. The Kier molecular flexibility index (Phi) is 5.48. The molecular formula is C19H14N4O4. The number of nitrogens with one attached hydrogen (secondary N) is 2. The number of Topliss-reactive ketones (excluding diaryl/α,β-unsaturated/α-hetero) is 1. The monoisotopic (exact) mass is 362 g/mol. The molecule has 5 rings (SSSR count). The number of ketones is 1. The van der Waals surface area contributed by atoms with Crippen molar-refractivity contribution in [1.29, 1.82) is 0 Å². The number of hydrogen-bond donors (Lipinski definition) is 2. The molecule has 27 heavy (non-hydrogen) atoms. The summed E-state index contributed by atoms with van der Waals surface area (Å²) in [6.07, 6.45) is 3.17. The zero-order valence-corrected chi connectivity index (χ0v) is 14.0. The van der Waals surface area contributed by atoms with Crippen molar-refractivity contribution in [2.24, 2.45) is 0 Å². The van der Waals surface area contributed by atoms with Crippen molar-refractivity contribution in [2.75, 3.05) is 5.32 Å². The minimum Gasteiger partial charge on any atom is -0.423 e. The maximum atomic E-state index is 11.0. The molecule has 0 saturated heterocycles. The number of hydrogen-bond acceptors (Lipinski definition) is 6. The van der Waals surface area contributed by atoms with Crippen LogP contribution in [0.2, 0.25) is 0 Å². The fraction of sp³-hybridized carbons (Fsp3) is 0. The topological polar surface area (TPSA) is 118 Å². The molecule has 134 valence electrons. The Morgan fingerprint density at radius 2 is 1.48 bits per heavy atom. The van der Waals surface area contributed by atoms with Crippen LogP contribution in [0.1, 0.15) is 10.4 Å². The third-order valence-corrected chi connectivity index (χ3v) is 3.49. The highest BCUT2D eigenvalue weighted by Crippen LogP contribution is 2.21. The number of benzene rings is 2. The Labute approximate surface area is 152 Å². The molecule has 0 saturated carbocycles. The van der Waals surface area contributed by atoms with Crippen LogP contribution in [0.25, 0.3) is 11.0 Å². The van der Waals surface area contributed by atoms with Crippen LogP contribution in [0.15, 0.2) is 82.3 Å². The van der Waals surface area contributed by atoms with E-state index in [1.807, 2.05) is 18.2 Å². The first-order chi connectivity index (χ1) is 13.1. The van der Waals surface area contributed by atoms with E-state index in [1.165, 1.54) is 6.07 Å². The van der Waals surface area contributed by atoms with E-state index < -0.39 is 11.7 Å². The molecule has 0 fully saturated rings. The van der Waals surface area contributed by atoms with Gasteiger partial charge in [-0.2, -0.15) is 15.4 Å². The van der Waals surface area contributed by atoms with E-state index in [1.54, 1.807) is 48.8 Å². The summed E-state index contributed by atoms with van der Waals surface area (Å²) in [5, 5.41) is 12.7. The highest BCUT2D eigenvalue weighted by molar-refractivity contribution is 6.51. The lowest BCUT2D eigenvalue weighted by atomic mass is 10.1. The Morgan fingerprint density at radius 3 is 2.19 bits per heavy atom. The summed E-state index contributed by atoms with van der Waals surface area (Å²) in [7, 11) is 0. The number of rotatable bonds is 0. The van der Waals surface area contributed by atoms with Crippen LogP contribution in [-0.2, 0) is 4.79 Å². The van der Waals surface area contributed by atoms with Crippen LogP contribution < -0.4 is 10.9 Å². The summed E-state index contributed by atoms with van der Waals surface area (Å²) in [6, 6.07) is 17.4. The molecule has 1 aliphatic rings. The molecule has 1 aliphatic heterocycles. The van der Waals surface area contributed by atoms with Crippen LogP contribution in [0, 0.1) is 0 Å². The van der Waals surface area contributed by atoms with Gasteiger partial charge in [0.05, 0.1) is 23.6 Å². The third kappa shape index (κ3) is 4.51. The van der Waals surface area contributed by atoms with Gasteiger partial charge in [0.15, 0.2) is 0 Å². The quantitative estimate of drug-likeness (QED) is 0.366. The van der Waals surface area contributed by atoms with Gasteiger partial charge in [0.2, 0.25) is 0 Å². The van der Waals surface area contributed by atoms with Crippen LogP contribution in [-0.4, -0.2) is 27.1 Å². The Bertz CT molecular complexity index is 1100. The molecule has 8 heteroatoms. The molecule has 0 spiro atoms. The van der Waals surface area contributed by atoms with Crippen LogP contribution in [0.3, 0.4) is 0 Å². The molecule has 3 heterocycles. The van der Waals surface area contributed by atoms with E-state index in [4.69, 9.17) is 4.42 Å². The molecule has 0 aliphatic carbocycles. The second kappa shape index (κ2) is 8.34. The van der Waals surface area contributed by atoms with E-state index in [9.17, 15) is 14.4 Å². The van der Waals surface area contributed by atoms with Crippen LogP contribution in [0.4, 0.5) is 5.69 Å². The standard InChI is InChI=1S/C9H6O2.C8H5NO2.C2H3N3/c10-9-6-5-7-3-1-2-4-8(7)11-9;10-7-5-3-1-2-4-6(5)9-8(7)11;1-2-4-5-3-1/h1-6H;1-4H,(H,9,10,11);1-2H,(H,3,4,5). The minimum atomic E-state index is -0.536. The minimum absolute atomic E-state index is 0.302. The van der Waals surface area contributed by atoms with Gasteiger partial charge in [-0.1, -0.05) is 30.3 Å². The zero-order chi connectivity index (χ0) is 19.1. The summed E-state index contributed by atoms with van der Waals surface area (Å²) in [5.74, 6) is -0.980. The summed E-state index contributed by atoms with van der Waals surface area (Å²) >= 11 is 0. The van der Waals surface area contributed by atoms with Crippen molar-refractivity contribution < 1.29 is 14.0 Å². The Hall–Kier alpha value is -4.07. The SMILES string of the molecule is O=C1Nc2ccccc2C1=O.O=c1ccc2ccccc2o1.c1cn[nH]n1.